The highest BCUT2D eigenvalue weighted by Gasteiger charge is 2.31. The van der Waals surface area contributed by atoms with E-state index in [4.69, 9.17) is 11.1 Å². The molecular formula is C15H23N3S. The summed E-state index contributed by atoms with van der Waals surface area (Å²) in [5.41, 5.74) is 7.87. The van der Waals surface area contributed by atoms with E-state index in [1.165, 1.54) is 12.8 Å². The third-order valence-corrected chi connectivity index (χ3v) is 4.81. The lowest BCUT2D eigenvalue weighted by Gasteiger charge is -2.32. The summed E-state index contributed by atoms with van der Waals surface area (Å²) in [5.74, 6) is 0.175. The summed E-state index contributed by atoms with van der Waals surface area (Å²) in [6.45, 7) is 4.51. The Kier molecular flexibility index (Phi) is 4.40. The Hall–Kier alpha value is -1.16. The summed E-state index contributed by atoms with van der Waals surface area (Å²) in [5, 5.41) is 7.91. The number of hydrogen-bond acceptors (Lipinski definition) is 3. The van der Waals surface area contributed by atoms with Crippen LogP contribution in [0.25, 0.3) is 0 Å². The summed E-state index contributed by atoms with van der Waals surface area (Å²) in [6.07, 6.45) is 5.64. The molecule has 0 radical (unpaired) electrons. The Bertz CT molecular complexity index is 472. The summed E-state index contributed by atoms with van der Waals surface area (Å²) >= 11 is 1.66. The smallest absolute Gasteiger partial charge is 0.126 e. The Labute approximate surface area is 120 Å². The molecule has 3 nitrogen and oxygen atoms in total. The van der Waals surface area contributed by atoms with Gasteiger partial charge in [0.15, 0.2) is 0 Å². The van der Waals surface area contributed by atoms with E-state index < -0.39 is 0 Å². The van der Waals surface area contributed by atoms with Crippen molar-refractivity contribution in [1.29, 1.82) is 5.41 Å². The molecule has 0 saturated carbocycles. The van der Waals surface area contributed by atoms with E-state index in [-0.39, 0.29) is 5.84 Å². The maximum absolute atomic E-state index is 7.91. The van der Waals surface area contributed by atoms with Crippen LogP contribution in [0.2, 0.25) is 0 Å². The van der Waals surface area contributed by atoms with E-state index in [9.17, 15) is 0 Å². The average Bonchev–Trinajstić information content (AvgIpc) is 2.78. The van der Waals surface area contributed by atoms with E-state index in [0.29, 0.717) is 12.1 Å². The van der Waals surface area contributed by atoms with Crippen molar-refractivity contribution in [1.82, 2.24) is 0 Å². The van der Waals surface area contributed by atoms with Gasteiger partial charge in [-0.25, -0.2) is 0 Å². The van der Waals surface area contributed by atoms with Crippen LogP contribution in [0.5, 0.6) is 0 Å². The molecule has 19 heavy (non-hydrogen) atoms. The third-order valence-electron chi connectivity index (χ3n) is 4.03. The van der Waals surface area contributed by atoms with Gasteiger partial charge in [0.2, 0.25) is 0 Å². The van der Waals surface area contributed by atoms with Gasteiger partial charge in [-0.3, -0.25) is 5.41 Å². The standard InChI is InChI=1S/C15H23N3S/c1-4-11-9-8-10(2)18(11)12-6-5-7-13(19-3)14(12)15(16)17/h5-7,10-11H,4,8-9H2,1-3H3,(H3,16,17). The van der Waals surface area contributed by atoms with Gasteiger partial charge in [-0.15, -0.1) is 11.8 Å². The number of benzene rings is 1. The first-order valence-corrected chi connectivity index (χ1v) is 8.12. The van der Waals surface area contributed by atoms with Gasteiger partial charge in [-0.1, -0.05) is 13.0 Å². The van der Waals surface area contributed by atoms with Gasteiger partial charge in [0.25, 0.3) is 0 Å². The molecule has 0 bridgehead atoms. The molecule has 0 aliphatic carbocycles. The lowest BCUT2D eigenvalue weighted by atomic mass is 10.1. The molecule has 1 fully saturated rings. The SMILES string of the molecule is CCC1CCC(C)N1c1cccc(SC)c1C(=N)N. The van der Waals surface area contributed by atoms with Crippen molar-refractivity contribution in [2.24, 2.45) is 5.73 Å². The molecule has 2 rings (SSSR count). The predicted octanol–water partition coefficient (Wildman–Crippen LogP) is 3.46. The summed E-state index contributed by atoms with van der Waals surface area (Å²) in [6, 6.07) is 7.34. The van der Waals surface area contributed by atoms with Crippen molar-refractivity contribution < 1.29 is 0 Å². The van der Waals surface area contributed by atoms with Crippen molar-refractivity contribution in [3.05, 3.63) is 23.8 Å². The number of hydrogen-bond donors (Lipinski definition) is 2. The van der Waals surface area contributed by atoms with Crippen LogP contribution in [0.1, 0.15) is 38.7 Å². The van der Waals surface area contributed by atoms with Gasteiger partial charge < -0.3 is 10.6 Å². The molecule has 1 aromatic carbocycles. The molecule has 1 aromatic rings. The average molecular weight is 277 g/mol. The fraction of sp³-hybridized carbons (Fsp3) is 0.533. The van der Waals surface area contributed by atoms with Crippen LogP contribution in [0.4, 0.5) is 5.69 Å². The second kappa shape index (κ2) is 5.87. The number of nitrogens with two attached hydrogens (primary N) is 1. The van der Waals surface area contributed by atoms with Crippen LogP contribution in [-0.4, -0.2) is 24.2 Å². The zero-order chi connectivity index (χ0) is 14.0. The first-order valence-electron chi connectivity index (χ1n) is 6.89. The number of anilines is 1. The number of rotatable bonds is 4. The fourth-order valence-electron chi connectivity index (χ4n) is 3.08. The Morgan fingerprint density at radius 3 is 2.79 bits per heavy atom. The molecule has 4 heteroatoms. The third kappa shape index (κ3) is 2.59. The number of nitrogens with zero attached hydrogens (tertiary/aromatic N) is 1. The molecule has 3 N–H and O–H groups in total. The molecular weight excluding hydrogens is 254 g/mol. The minimum Gasteiger partial charge on any atom is -0.384 e. The molecule has 0 amide bonds. The van der Waals surface area contributed by atoms with Gasteiger partial charge in [-0.05, 0) is 44.6 Å². The maximum Gasteiger partial charge on any atom is 0.126 e. The molecule has 1 aliphatic heterocycles. The minimum atomic E-state index is 0.175. The lowest BCUT2D eigenvalue weighted by Crippen LogP contribution is -2.36. The van der Waals surface area contributed by atoms with E-state index in [0.717, 1.165) is 22.6 Å². The van der Waals surface area contributed by atoms with Gasteiger partial charge in [0.05, 0.1) is 5.56 Å². The highest BCUT2D eigenvalue weighted by Crippen LogP contribution is 2.37. The Morgan fingerprint density at radius 1 is 1.47 bits per heavy atom. The van der Waals surface area contributed by atoms with Crippen LogP contribution in [-0.2, 0) is 0 Å². The topological polar surface area (TPSA) is 53.1 Å². The molecule has 0 aromatic heterocycles. The molecule has 0 spiro atoms. The van der Waals surface area contributed by atoms with Gasteiger partial charge in [0, 0.05) is 22.7 Å². The van der Waals surface area contributed by atoms with Crippen LogP contribution in [0, 0.1) is 5.41 Å². The van der Waals surface area contributed by atoms with E-state index in [1.54, 1.807) is 11.8 Å². The van der Waals surface area contributed by atoms with Crippen LogP contribution >= 0.6 is 11.8 Å². The number of thioether (sulfide) groups is 1. The molecule has 2 atom stereocenters. The highest BCUT2D eigenvalue weighted by atomic mass is 32.2. The quantitative estimate of drug-likeness (QED) is 0.503. The zero-order valence-electron chi connectivity index (χ0n) is 11.9. The second-order valence-electron chi connectivity index (χ2n) is 5.16. The Morgan fingerprint density at radius 2 is 2.21 bits per heavy atom. The zero-order valence-corrected chi connectivity index (χ0v) is 12.8. The monoisotopic (exact) mass is 277 g/mol. The predicted molar refractivity (Wildman–Crippen MR) is 84.5 cm³/mol. The van der Waals surface area contributed by atoms with Crippen molar-refractivity contribution in [3.8, 4) is 0 Å². The van der Waals surface area contributed by atoms with Crippen LogP contribution < -0.4 is 10.6 Å². The molecule has 104 valence electrons. The highest BCUT2D eigenvalue weighted by molar-refractivity contribution is 7.98. The molecule has 1 saturated heterocycles. The number of amidine groups is 1. The van der Waals surface area contributed by atoms with Crippen molar-refractivity contribution in [2.45, 2.75) is 50.1 Å². The van der Waals surface area contributed by atoms with Crippen molar-refractivity contribution >= 4 is 23.3 Å². The maximum atomic E-state index is 7.91. The van der Waals surface area contributed by atoms with E-state index in [2.05, 4.69) is 30.9 Å². The van der Waals surface area contributed by atoms with Crippen LogP contribution in [0.15, 0.2) is 23.1 Å². The molecule has 1 aliphatic rings. The normalized spacial score (nSPS) is 22.8. The molecule has 2 unspecified atom stereocenters. The summed E-state index contributed by atoms with van der Waals surface area (Å²) < 4.78 is 0. The lowest BCUT2D eigenvalue weighted by molar-refractivity contribution is 0.627. The number of nitrogens with one attached hydrogen (secondary N) is 1. The van der Waals surface area contributed by atoms with Gasteiger partial charge >= 0.3 is 0 Å². The summed E-state index contributed by atoms with van der Waals surface area (Å²) in [7, 11) is 0. The fourth-order valence-corrected chi connectivity index (χ4v) is 3.72. The first-order chi connectivity index (χ1) is 9.10. The van der Waals surface area contributed by atoms with E-state index in [1.807, 2.05) is 12.3 Å². The largest absolute Gasteiger partial charge is 0.384 e. The number of nitrogen functional groups attached to an aromatic ring is 1. The summed E-state index contributed by atoms with van der Waals surface area (Å²) in [4.78, 5) is 3.56. The molecule has 1 heterocycles. The first kappa shape index (κ1) is 14.3. The van der Waals surface area contributed by atoms with Crippen LogP contribution in [0.3, 0.4) is 0 Å². The van der Waals surface area contributed by atoms with Crippen molar-refractivity contribution in [3.63, 3.8) is 0 Å². The van der Waals surface area contributed by atoms with Gasteiger partial charge in [0.1, 0.15) is 5.84 Å². The second-order valence-corrected chi connectivity index (χ2v) is 6.01. The Balaban J connectivity index is 2.52. The van der Waals surface area contributed by atoms with Gasteiger partial charge in [-0.2, -0.15) is 0 Å². The van der Waals surface area contributed by atoms with Crippen molar-refractivity contribution in [2.75, 3.05) is 11.2 Å². The van der Waals surface area contributed by atoms with E-state index >= 15 is 0 Å². The minimum absolute atomic E-state index is 0.175.